The molecular weight excluding hydrogens is 252 g/mol. The maximum Gasteiger partial charge on any atom is 0.182 e. The van der Waals surface area contributed by atoms with Crippen LogP contribution in [-0.2, 0) is 0 Å². The molecule has 0 radical (unpaired) electrons. The van der Waals surface area contributed by atoms with Crippen molar-refractivity contribution in [3.8, 4) is 0 Å². The minimum atomic E-state index is -0.976. The van der Waals surface area contributed by atoms with Gasteiger partial charge in [0.05, 0.1) is 11.9 Å². The number of nitrogens with two attached hydrogens (primary N) is 1. The van der Waals surface area contributed by atoms with E-state index in [1.54, 1.807) is 23.0 Å². The van der Waals surface area contributed by atoms with Crippen molar-refractivity contribution in [3.05, 3.63) is 48.4 Å². The van der Waals surface area contributed by atoms with Gasteiger partial charge in [0.15, 0.2) is 23.1 Å². The van der Waals surface area contributed by atoms with Crippen molar-refractivity contribution in [3.63, 3.8) is 0 Å². The summed E-state index contributed by atoms with van der Waals surface area (Å²) < 4.78 is 28.4. The molecule has 0 amide bonds. The first-order valence-corrected chi connectivity index (χ1v) is 5.45. The molecule has 0 saturated heterocycles. The van der Waals surface area contributed by atoms with Crippen LogP contribution in [0.5, 0.6) is 0 Å². The van der Waals surface area contributed by atoms with E-state index in [9.17, 15) is 8.78 Å². The number of hydrogen-bond donors (Lipinski definition) is 2. The number of aromatic nitrogens is 3. The molecule has 2 aromatic heterocycles. The van der Waals surface area contributed by atoms with Gasteiger partial charge in [-0.1, -0.05) is 6.07 Å². The number of fused-ring (bicyclic) bond motifs is 1. The number of nitrogens with zero attached hydrogens (tertiary/aromatic N) is 3. The maximum atomic E-state index is 13.6. The summed E-state index contributed by atoms with van der Waals surface area (Å²) in [4.78, 5) is 8.11. The van der Waals surface area contributed by atoms with Gasteiger partial charge in [-0.2, -0.15) is 0 Å². The van der Waals surface area contributed by atoms with Crippen LogP contribution in [0.15, 0.2) is 36.8 Å². The third-order valence-corrected chi connectivity index (χ3v) is 2.60. The zero-order chi connectivity index (χ0) is 13.4. The molecule has 3 N–H and O–H groups in total. The predicted molar refractivity (Wildman–Crippen MR) is 67.0 cm³/mol. The van der Waals surface area contributed by atoms with Gasteiger partial charge in [0.2, 0.25) is 0 Å². The molecule has 0 fully saturated rings. The first-order valence-electron chi connectivity index (χ1n) is 5.45. The second-order valence-electron chi connectivity index (χ2n) is 3.90. The lowest BCUT2D eigenvalue weighted by Crippen LogP contribution is -2.03. The third-order valence-electron chi connectivity index (χ3n) is 2.60. The Labute approximate surface area is 106 Å². The van der Waals surface area contributed by atoms with E-state index >= 15 is 0 Å². The number of halogens is 2. The van der Waals surface area contributed by atoms with E-state index in [0.717, 1.165) is 6.07 Å². The highest BCUT2D eigenvalue weighted by atomic mass is 19.2. The molecule has 0 bridgehead atoms. The second kappa shape index (κ2) is 4.20. The molecule has 0 unspecified atom stereocenters. The molecule has 3 rings (SSSR count). The van der Waals surface area contributed by atoms with Crippen molar-refractivity contribution in [1.82, 2.24) is 14.4 Å². The monoisotopic (exact) mass is 261 g/mol. The fourth-order valence-corrected chi connectivity index (χ4v) is 1.76. The van der Waals surface area contributed by atoms with Crippen LogP contribution >= 0.6 is 0 Å². The van der Waals surface area contributed by atoms with Crippen LogP contribution in [-0.4, -0.2) is 14.4 Å². The lowest BCUT2D eigenvalue weighted by Gasteiger charge is -2.09. The Bertz CT molecular complexity index is 753. The van der Waals surface area contributed by atoms with Gasteiger partial charge in [-0.15, -0.1) is 0 Å². The SMILES string of the molecule is Nc1cn2ccnc2c(Nc2cccc(F)c2F)n1. The molecule has 5 nitrogen and oxygen atoms in total. The number of hydrogen-bond acceptors (Lipinski definition) is 4. The summed E-state index contributed by atoms with van der Waals surface area (Å²) in [7, 11) is 0. The van der Waals surface area contributed by atoms with Gasteiger partial charge in [0, 0.05) is 12.4 Å². The Morgan fingerprint density at radius 2 is 2.11 bits per heavy atom. The highest BCUT2D eigenvalue weighted by molar-refractivity contribution is 5.71. The molecule has 0 aliphatic carbocycles. The molecule has 1 aromatic carbocycles. The van der Waals surface area contributed by atoms with Crippen LogP contribution in [0.2, 0.25) is 0 Å². The molecule has 0 aliphatic heterocycles. The first-order chi connectivity index (χ1) is 9.15. The van der Waals surface area contributed by atoms with Crippen LogP contribution in [0.25, 0.3) is 5.65 Å². The molecule has 96 valence electrons. The van der Waals surface area contributed by atoms with E-state index in [0.29, 0.717) is 5.65 Å². The minimum absolute atomic E-state index is 0.0250. The normalized spacial score (nSPS) is 10.8. The van der Waals surface area contributed by atoms with Gasteiger partial charge < -0.3 is 15.5 Å². The van der Waals surface area contributed by atoms with Gasteiger partial charge in [-0.3, -0.25) is 0 Å². The minimum Gasteiger partial charge on any atom is -0.382 e. The third kappa shape index (κ3) is 1.95. The average Bonchev–Trinajstić information content (AvgIpc) is 2.83. The number of anilines is 3. The van der Waals surface area contributed by atoms with Crippen molar-refractivity contribution in [2.45, 2.75) is 0 Å². The number of benzene rings is 1. The van der Waals surface area contributed by atoms with Gasteiger partial charge in [0.25, 0.3) is 0 Å². The Morgan fingerprint density at radius 3 is 2.95 bits per heavy atom. The molecular formula is C12H9F2N5. The van der Waals surface area contributed by atoms with Crippen LogP contribution in [0.1, 0.15) is 0 Å². The number of imidazole rings is 1. The zero-order valence-electron chi connectivity index (χ0n) is 9.64. The molecule has 7 heteroatoms. The molecule has 0 spiro atoms. The van der Waals surface area contributed by atoms with Gasteiger partial charge in [-0.25, -0.2) is 18.7 Å². The lowest BCUT2D eigenvalue weighted by molar-refractivity contribution is 0.511. The molecule has 3 aromatic rings. The van der Waals surface area contributed by atoms with E-state index in [-0.39, 0.29) is 17.3 Å². The Morgan fingerprint density at radius 1 is 1.26 bits per heavy atom. The summed E-state index contributed by atoms with van der Waals surface area (Å²) >= 11 is 0. The summed E-state index contributed by atoms with van der Waals surface area (Å²) in [5.74, 6) is -1.41. The fraction of sp³-hybridized carbons (Fsp3) is 0. The number of rotatable bonds is 2. The van der Waals surface area contributed by atoms with Crippen LogP contribution in [0, 0.1) is 11.6 Å². The first kappa shape index (κ1) is 11.4. The van der Waals surface area contributed by atoms with E-state index in [4.69, 9.17) is 5.73 Å². The number of nitrogen functional groups attached to an aromatic ring is 1. The quantitative estimate of drug-likeness (QED) is 0.743. The highest BCUT2D eigenvalue weighted by Crippen LogP contribution is 2.23. The Kier molecular flexibility index (Phi) is 2.52. The fourth-order valence-electron chi connectivity index (χ4n) is 1.76. The Balaban J connectivity index is 2.10. The van der Waals surface area contributed by atoms with Crippen molar-refractivity contribution in [2.24, 2.45) is 0 Å². The molecule has 0 saturated carbocycles. The van der Waals surface area contributed by atoms with E-state index in [1.165, 1.54) is 12.1 Å². The summed E-state index contributed by atoms with van der Waals surface area (Å²) in [6.07, 6.45) is 4.82. The number of nitrogens with one attached hydrogen (secondary N) is 1. The predicted octanol–water partition coefficient (Wildman–Crippen LogP) is 2.33. The Hall–Kier alpha value is -2.70. The van der Waals surface area contributed by atoms with Crippen LogP contribution in [0.4, 0.5) is 26.1 Å². The maximum absolute atomic E-state index is 13.6. The summed E-state index contributed by atoms with van der Waals surface area (Å²) in [5, 5.41) is 2.69. The molecule has 0 atom stereocenters. The summed E-state index contributed by atoms with van der Waals surface area (Å²) in [6.45, 7) is 0. The zero-order valence-corrected chi connectivity index (χ0v) is 9.64. The highest BCUT2D eigenvalue weighted by Gasteiger charge is 2.11. The second-order valence-corrected chi connectivity index (χ2v) is 3.90. The summed E-state index contributed by atoms with van der Waals surface area (Å²) in [5.41, 5.74) is 6.08. The van der Waals surface area contributed by atoms with Crippen molar-refractivity contribution >= 4 is 23.0 Å². The average molecular weight is 261 g/mol. The molecule has 19 heavy (non-hydrogen) atoms. The van der Waals surface area contributed by atoms with E-state index < -0.39 is 11.6 Å². The van der Waals surface area contributed by atoms with Gasteiger partial charge in [0.1, 0.15) is 5.82 Å². The van der Waals surface area contributed by atoms with E-state index in [1.807, 2.05) is 0 Å². The van der Waals surface area contributed by atoms with Crippen molar-refractivity contribution in [1.29, 1.82) is 0 Å². The van der Waals surface area contributed by atoms with Crippen molar-refractivity contribution < 1.29 is 8.78 Å². The summed E-state index contributed by atoms with van der Waals surface area (Å²) in [6, 6.07) is 3.84. The van der Waals surface area contributed by atoms with Gasteiger partial charge >= 0.3 is 0 Å². The van der Waals surface area contributed by atoms with Gasteiger partial charge in [-0.05, 0) is 12.1 Å². The smallest absolute Gasteiger partial charge is 0.182 e. The molecule has 0 aliphatic rings. The van der Waals surface area contributed by atoms with E-state index in [2.05, 4.69) is 15.3 Å². The molecule has 2 heterocycles. The van der Waals surface area contributed by atoms with Crippen LogP contribution < -0.4 is 11.1 Å². The van der Waals surface area contributed by atoms with Crippen molar-refractivity contribution in [2.75, 3.05) is 11.1 Å². The van der Waals surface area contributed by atoms with Crippen LogP contribution in [0.3, 0.4) is 0 Å². The largest absolute Gasteiger partial charge is 0.382 e. The standard InChI is InChI=1S/C12H9F2N5/c13-7-2-1-3-8(10(7)14)17-11-12-16-4-5-19(12)6-9(15)18-11/h1-6H,15H2,(H,17,18). The lowest BCUT2D eigenvalue weighted by atomic mass is 10.3. The topological polar surface area (TPSA) is 68.2 Å².